The van der Waals surface area contributed by atoms with E-state index >= 15 is 0 Å². The molecule has 1 aromatic heterocycles. The van der Waals surface area contributed by atoms with Crippen molar-refractivity contribution in [1.29, 1.82) is 0 Å². The third-order valence-electron chi connectivity index (χ3n) is 2.86. The summed E-state index contributed by atoms with van der Waals surface area (Å²) in [5.74, 6) is 0.911. The first-order valence-electron chi connectivity index (χ1n) is 5.02. The number of nitrogens with zero attached hydrogens (tertiary/aromatic N) is 1. The fourth-order valence-electron chi connectivity index (χ4n) is 1.72. The molecule has 0 aromatic carbocycles. The van der Waals surface area contributed by atoms with Gasteiger partial charge in [-0.1, -0.05) is 0 Å². The molecular formula is C10H17N3. The fourth-order valence-corrected chi connectivity index (χ4v) is 1.72. The zero-order valence-corrected chi connectivity index (χ0v) is 8.25. The Kier molecular flexibility index (Phi) is 2.36. The summed E-state index contributed by atoms with van der Waals surface area (Å²) in [6.07, 6.45) is 6.63. The molecule has 13 heavy (non-hydrogen) atoms. The second kappa shape index (κ2) is 3.50. The molecule has 1 aromatic rings. The number of hydrogen-bond donors (Lipinski definition) is 2. The van der Waals surface area contributed by atoms with Crippen LogP contribution in [-0.2, 0) is 0 Å². The molecule has 3 nitrogen and oxygen atoms in total. The second-order valence-electron chi connectivity index (χ2n) is 4.05. The molecule has 1 heterocycles. The topological polar surface area (TPSA) is 40.7 Å². The number of hydrogen-bond acceptors (Lipinski definition) is 2. The Morgan fingerprint density at radius 3 is 2.85 bits per heavy atom. The number of aromatic amines is 1. The van der Waals surface area contributed by atoms with E-state index < -0.39 is 0 Å². The number of H-pyrrole nitrogens is 1. The van der Waals surface area contributed by atoms with Crippen LogP contribution in [0.4, 0.5) is 0 Å². The third kappa shape index (κ3) is 2.10. The van der Waals surface area contributed by atoms with Gasteiger partial charge in [-0.05, 0) is 32.6 Å². The Morgan fingerprint density at radius 1 is 1.54 bits per heavy atom. The van der Waals surface area contributed by atoms with Crippen LogP contribution in [0.15, 0.2) is 12.4 Å². The van der Waals surface area contributed by atoms with Crippen LogP contribution in [0.1, 0.15) is 38.3 Å². The molecule has 0 bridgehead atoms. The molecule has 0 saturated heterocycles. The molecule has 0 amide bonds. The van der Waals surface area contributed by atoms with E-state index in [4.69, 9.17) is 0 Å². The van der Waals surface area contributed by atoms with E-state index in [0.717, 1.165) is 5.92 Å². The van der Waals surface area contributed by atoms with Crippen LogP contribution in [0.2, 0.25) is 0 Å². The highest BCUT2D eigenvalue weighted by molar-refractivity contribution is 5.08. The van der Waals surface area contributed by atoms with Crippen molar-refractivity contribution in [2.24, 2.45) is 5.92 Å². The van der Waals surface area contributed by atoms with E-state index in [2.05, 4.69) is 29.4 Å². The van der Waals surface area contributed by atoms with E-state index in [0.29, 0.717) is 12.1 Å². The van der Waals surface area contributed by atoms with Gasteiger partial charge in [0.15, 0.2) is 0 Å². The van der Waals surface area contributed by atoms with Crippen molar-refractivity contribution < 1.29 is 0 Å². The average molecular weight is 179 g/mol. The minimum Gasteiger partial charge on any atom is -0.307 e. The minimum absolute atomic E-state index is 0.411. The Bertz CT molecular complexity index is 251. The molecule has 2 atom stereocenters. The molecule has 1 aliphatic rings. The highest BCUT2D eigenvalue weighted by atomic mass is 15.1. The maximum absolute atomic E-state index is 3.95. The normalized spacial score (nSPS) is 21.4. The van der Waals surface area contributed by atoms with Gasteiger partial charge in [0.1, 0.15) is 0 Å². The van der Waals surface area contributed by atoms with Crippen molar-refractivity contribution in [2.45, 2.75) is 38.8 Å². The van der Waals surface area contributed by atoms with Crippen molar-refractivity contribution in [3.05, 3.63) is 18.0 Å². The first-order chi connectivity index (χ1) is 6.27. The number of nitrogens with one attached hydrogen (secondary N) is 2. The predicted octanol–water partition coefficient (Wildman–Crippen LogP) is 1.86. The lowest BCUT2D eigenvalue weighted by Gasteiger charge is -2.18. The summed E-state index contributed by atoms with van der Waals surface area (Å²) in [5.41, 5.74) is 1.24. The maximum Gasteiger partial charge on any atom is 0.0534 e. The SMILES string of the molecule is CC(NC(C)C1CC1)c1cn[nH]c1. The molecule has 1 saturated carbocycles. The van der Waals surface area contributed by atoms with Gasteiger partial charge in [0.25, 0.3) is 0 Å². The Balaban J connectivity index is 1.87. The maximum atomic E-state index is 3.95. The lowest BCUT2D eigenvalue weighted by Crippen LogP contribution is -2.30. The summed E-state index contributed by atoms with van der Waals surface area (Å²) in [6, 6.07) is 1.05. The predicted molar refractivity (Wildman–Crippen MR) is 52.3 cm³/mol. The zero-order valence-electron chi connectivity index (χ0n) is 8.25. The van der Waals surface area contributed by atoms with Gasteiger partial charge in [-0.2, -0.15) is 5.10 Å². The lowest BCUT2D eigenvalue weighted by atomic mass is 10.1. The Labute approximate surface area is 78.9 Å². The largest absolute Gasteiger partial charge is 0.307 e. The van der Waals surface area contributed by atoms with Gasteiger partial charge >= 0.3 is 0 Å². The van der Waals surface area contributed by atoms with Crippen LogP contribution in [-0.4, -0.2) is 16.2 Å². The highest BCUT2D eigenvalue weighted by Gasteiger charge is 2.28. The van der Waals surface area contributed by atoms with Gasteiger partial charge in [0.2, 0.25) is 0 Å². The highest BCUT2D eigenvalue weighted by Crippen LogP contribution is 2.33. The van der Waals surface area contributed by atoms with E-state index in [1.807, 2.05) is 12.4 Å². The molecule has 0 aliphatic heterocycles. The summed E-state index contributed by atoms with van der Waals surface area (Å²) in [4.78, 5) is 0. The minimum atomic E-state index is 0.411. The van der Waals surface area contributed by atoms with Gasteiger partial charge in [-0.25, -0.2) is 0 Å². The van der Waals surface area contributed by atoms with E-state index in [-0.39, 0.29) is 0 Å². The van der Waals surface area contributed by atoms with Gasteiger partial charge in [0, 0.05) is 23.8 Å². The van der Waals surface area contributed by atoms with Crippen molar-refractivity contribution in [1.82, 2.24) is 15.5 Å². The Morgan fingerprint density at radius 2 is 2.31 bits per heavy atom. The van der Waals surface area contributed by atoms with Gasteiger partial charge in [-0.3, -0.25) is 5.10 Å². The van der Waals surface area contributed by atoms with Crippen molar-refractivity contribution in [2.75, 3.05) is 0 Å². The van der Waals surface area contributed by atoms with E-state index in [9.17, 15) is 0 Å². The third-order valence-corrected chi connectivity index (χ3v) is 2.86. The smallest absolute Gasteiger partial charge is 0.0534 e. The van der Waals surface area contributed by atoms with E-state index in [1.54, 1.807) is 0 Å². The molecular weight excluding hydrogens is 162 g/mol. The molecule has 1 fully saturated rings. The molecule has 2 N–H and O–H groups in total. The van der Waals surface area contributed by atoms with Crippen LogP contribution in [0.5, 0.6) is 0 Å². The number of rotatable bonds is 4. The molecule has 2 unspecified atom stereocenters. The molecule has 72 valence electrons. The average Bonchev–Trinajstić information content (AvgIpc) is 2.81. The first-order valence-corrected chi connectivity index (χ1v) is 5.02. The van der Waals surface area contributed by atoms with Crippen LogP contribution in [0, 0.1) is 5.92 Å². The van der Waals surface area contributed by atoms with Crippen LogP contribution < -0.4 is 5.32 Å². The fraction of sp³-hybridized carbons (Fsp3) is 0.700. The van der Waals surface area contributed by atoms with Crippen LogP contribution in [0.25, 0.3) is 0 Å². The molecule has 0 spiro atoms. The molecule has 1 aliphatic carbocycles. The summed E-state index contributed by atoms with van der Waals surface area (Å²) in [7, 11) is 0. The van der Waals surface area contributed by atoms with Crippen molar-refractivity contribution >= 4 is 0 Å². The zero-order chi connectivity index (χ0) is 9.26. The quantitative estimate of drug-likeness (QED) is 0.740. The van der Waals surface area contributed by atoms with Crippen molar-refractivity contribution in [3.63, 3.8) is 0 Å². The summed E-state index contributed by atoms with van der Waals surface area (Å²) >= 11 is 0. The summed E-state index contributed by atoms with van der Waals surface area (Å²) in [5, 5.41) is 10.4. The number of aromatic nitrogens is 2. The summed E-state index contributed by atoms with van der Waals surface area (Å²) in [6.45, 7) is 4.46. The van der Waals surface area contributed by atoms with Gasteiger partial charge in [0.05, 0.1) is 6.20 Å². The van der Waals surface area contributed by atoms with Crippen LogP contribution >= 0.6 is 0 Å². The standard InChI is InChI=1S/C10H17N3/c1-7(9-3-4-9)13-8(2)10-5-11-12-6-10/h5-9,13H,3-4H2,1-2H3,(H,11,12). The summed E-state index contributed by atoms with van der Waals surface area (Å²) < 4.78 is 0. The Hall–Kier alpha value is -0.830. The lowest BCUT2D eigenvalue weighted by molar-refractivity contribution is 0.441. The van der Waals surface area contributed by atoms with Crippen molar-refractivity contribution in [3.8, 4) is 0 Å². The monoisotopic (exact) mass is 179 g/mol. The molecule has 0 radical (unpaired) electrons. The molecule has 3 heteroatoms. The van der Waals surface area contributed by atoms with E-state index in [1.165, 1.54) is 18.4 Å². The molecule has 2 rings (SSSR count). The van der Waals surface area contributed by atoms with Crippen LogP contribution in [0.3, 0.4) is 0 Å². The van der Waals surface area contributed by atoms with Gasteiger partial charge < -0.3 is 5.32 Å². The first kappa shape index (κ1) is 8.75. The second-order valence-corrected chi connectivity index (χ2v) is 4.05. The van der Waals surface area contributed by atoms with Gasteiger partial charge in [-0.15, -0.1) is 0 Å².